The van der Waals surface area contributed by atoms with E-state index in [0.717, 1.165) is 63.4 Å². The summed E-state index contributed by atoms with van der Waals surface area (Å²) in [5.74, 6) is -1.28. The topological polar surface area (TPSA) is 123 Å². The number of amides is 3. The lowest BCUT2D eigenvalue weighted by Crippen LogP contribution is -2.53. The second-order valence-corrected chi connectivity index (χ2v) is 12.1. The number of nitrogens with one attached hydrogen (secondary N) is 3. The van der Waals surface area contributed by atoms with Crippen molar-refractivity contribution in [2.45, 2.75) is 108 Å². The van der Waals surface area contributed by atoms with Gasteiger partial charge in [-0.25, -0.2) is 9.59 Å². The summed E-state index contributed by atoms with van der Waals surface area (Å²) in [6, 6.07) is 5.12. The van der Waals surface area contributed by atoms with E-state index in [1.54, 1.807) is 24.3 Å². The number of methoxy groups -OCH3 is 1. The molecular formula is C30H42ClN3O6. The highest BCUT2D eigenvalue weighted by molar-refractivity contribution is 6.30. The number of ether oxygens (including phenoxy) is 2. The molecule has 1 heterocycles. The molecule has 1 aromatic carbocycles. The van der Waals surface area contributed by atoms with Gasteiger partial charge in [-0.3, -0.25) is 9.59 Å². The van der Waals surface area contributed by atoms with Gasteiger partial charge in [-0.1, -0.05) is 75.1 Å². The van der Waals surface area contributed by atoms with Gasteiger partial charge in [0.15, 0.2) is 0 Å². The van der Waals surface area contributed by atoms with Gasteiger partial charge in [0.1, 0.15) is 18.7 Å². The fourth-order valence-electron chi connectivity index (χ4n) is 6.59. The largest absolute Gasteiger partial charge is 0.467 e. The van der Waals surface area contributed by atoms with Crippen LogP contribution in [0.3, 0.4) is 0 Å². The van der Waals surface area contributed by atoms with Crippen LogP contribution in [0.15, 0.2) is 24.3 Å². The molecule has 9 nitrogen and oxygen atoms in total. The molecule has 0 bridgehead atoms. The summed E-state index contributed by atoms with van der Waals surface area (Å²) in [6.45, 7) is 0.00743. The molecule has 2 saturated carbocycles. The third-order valence-corrected chi connectivity index (χ3v) is 8.93. The van der Waals surface area contributed by atoms with E-state index < -0.39 is 36.0 Å². The maximum Gasteiger partial charge on any atom is 0.408 e. The zero-order valence-electron chi connectivity index (χ0n) is 23.3. The highest BCUT2D eigenvalue weighted by Gasteiger charge is 2.46. The first kappa shape index (κ1) is 30.2. The Morgan fingerprint density at radius 1 is 1.02 bits per heavy atom. The number of hydrogen-bond donors (Lipinski definition) is 3. The molecule has 10 heteroatoms. The molecule has 1 saturated heterocycles. The summed E-state index contributed by atoms with van der Waals surface area (Å²) >= 11 is 6.02. The van der Waals surface area contributed by atoms with Crippen molar-refractivity contribution in [3.63, 3.8) is 0 Å². The Kier molecular flexibility index (Phi) is 10.7. The summed E-state index contributed by atoms with van der Waals surface area (Å²) in [6.07, 6.45) is 11.0. The zero-order valence-corrected chi connectivity index (χ0v) is 24.1. The number of esters is 1. The maximum absolute atomic E-state index is 13.5. The SMILES string of the molecule is COC(=O)[C@H](C[C@H]1CC2(CCCCC2)NC1=O)NC(=O)[C@H](CC1CCCCC1)NC(=O)OCc1cccc(Cl)c1. The van der Waals surface area contributed by atoms with E-state index in [2.05, 4.69) is 16.0 Å². The molecule has 1 aliphatic heterocycles. The van der Waals surface area contributed by atoms with Crippen molar-refractivity contribution < 1.29 is 28.7 Å². The number of rotatable bonds is 10. The molecule has 1 spiro atoms. The van der Waals surface area contributed by atoms with Crippen molar-refractivity contribution in [2.75, 3.05) is 7.11 Å². The van der Waals surface area contributed by atoms with Crippen LogP contribution in [0.25, 0.3) is 0 Å². The Labute approximate surface area is 241 Å². The van der Waals surface area contributed by atoms with Crippen molar-refractivity contribution in [2.24, 2.45) is 11.8 Å². The number of carbonyl (C=O) groups is 4. The van der Waals surface area contributed by atoms with Gasteiger partial charge >= 0.3 is 12.1 Å². The first-order valence-corrected chi connectivity index (χ1v) is 15.0. The van der Waals surface area contributed by atoms with Gasteiger partial charge in [-0.05, 0) is 55.7 Å². The molecule has 1 aromatic rings. The number of carbonyl (C=O) groups excluding carboxylic acids is 4. The van der Waals surface area contributed by atoms with E-state index in [1.807, 2.05) is 0 Å². The molecule has 2 aliphatic carbocycles. The number of benzene rings is 1. The van der Waals surface area contributed by atoms with Crippen molar-refractivity contribution in [3.05, 3.63) is 34.9 Å². The van der Waals surface area contributed by atoms with Crippen LogP contribution in [0.1, 0.15) is 89.0 Å². The van der Waals surface area contributed by atoms with Crippen LogP contribution in [0.2, 0.25) is 5.02 Å². The number of halogens is 1. The average molecular weight is 576 g/mol. The van der Waals surface area contributed by atoms with Gasteiger partial charge in [0.2, 0.25) is 11.8 Å². The molecule has 0 radical (unpaired) electrons. The maximum atomic E-state index is 13.5. The van der Waals surface area contributed by atoms with Crippen LogP contribution in [-0.2, 0) is 30.5 Å². The van der Waals surface area contributed by atoms with Crippen LogP contribution in [-0.4, -0.2) is 48.6 Å². The van der Waals surface area contributed by atoms with Gasteiger partial charge in [0.25, 0.3) is 0 Å². The molecule has 3 N–H and O–H groups in total. The molecule has 40 heavy (non-hydrogen) atoms. The van der Waals surface area contributed by atoms with Gasteiger partial charge in [-0.2, -0.15) is 0 Å². The van der Waals surface area contributed by atoms with Crippen molar-refractivity contribution in [1.82, 2.24) is 16.0 Å². The molecular weight excluding hydrogens is 534 g/mol. The van der Waals surface area contributed by atoms with Gasteiger partial charge in [0, 0.05) is 16.5 Å². The van der Waals surface area contributed by atoms with E-state index in [4.69, 9.17) is 21.1 Å². The highest BCUT2D eigenvalue weighted by Crippen LogP contribution is 2.39. The summed E-state index contributed by atoms with van der Waals surface area (Å²) in [7, 11) is 1.27. The van der Waals surface area contributed by atoms with E-state index >= 15 is 0 Å². The first-order chi connectivity index (χ1) is 19.3. The second-order valence-electron chi connectivity index (χ2n) is 11.7. The minimum absolute atomic E-state index is 0.00743. The van der Waals surface area contributed by atoms with Crippen LogP contribution in [0, 0.1) is 11.8 Å². The van der Waals surface area contributed by atoms with Crippen LogP contribution in [0.5, 0.6) is 0 Å². The van der Waals surface area contributed by atoms with Crippen molar-refractivity contribution >= 4 is 35.5 Å². The quantitative estimate of drug-likeness (QED) is 0.345. The Hall–Kier alpha value is -2.81. The number of hydrogen-bond acceptors (Lipinski definition) is 6. The molecule has 3 fully saturated rings. The first-order valence-electron chi connectivity index (χ1n) is 14.6. The Morgan fingerprint density at radius 3 is 2.45 bits per heavy atom. The zero-order chi connectivity index (χ0) is 28.5. The minimum Gasteiger partial charge on any atom is -0.467 e. The fraction of sp³-hybridized carbons (Fsp3) is 0.667. The Balaban J connectivity index is 1.40. The molecule has 4 rings (SSSR count). The summed E-state index contributed by atoms with van der Waals surface area (Å²) in [5, 5.41) is 9.24. The standard InChI is InChI=1S/C30H42ClN3O6/c1-39-28(37)25(17-22-18-30(34-26(22)35)13-6-3-7-14-30)32-27(36)24(16-20-9-4-2-5-10-20)33-29(38)40-19-21-11-8-12-23(31)15-21/h8,11-12,15,20,22,24-25H,2-7,9-10,13-14,16-19H2,1H3,(H,32,36)(H,33,38)(H,34,35)/t22-,24-,25-/m0/s1. The van der Waals surface area contributed by atoms with Crippen LogP contribution in [0.4, 0.5) is 4.79 Å². The predicted molar refractivity (Wildman–Crippen MR) is 150 cm³/mol. The lowest BCUT2D eigenvalue weighted by Gasteiger charge is -2.33. The third kappa shape index (κ3) is 8.35. The summed E-state index contributed by atoms with van der Waals surface area (Å²) < 4.78 is 10.4. The van der Waals surface area contributed by atoms with E-state index in [0.29, 0.717) is 17.9 Å². The van der Waals surface area contributed by atoms with Gasteiger partial charge in [-0.15, -0.1) is 0 Å². The molecule has 0 unspecified atom stereocenters. The molecule has 3 amide bonds. The van der Waals surface area contributed by atoms with Crippen LogP contribution >= 0.6 is 11.6 Å². The lowest BCUT2D eigenvalue weighted by molar-refractivity contribution is -0.146. The highest BCUT2D eigenvalue weighted by atomic mass is 35.5. The van der Waals surface area contributed by atoms with Gasteiger partial charge < -0.3 is 25.4 Å². The summed E-state index contributed by atoms with van der Waals surface area (Å²) in [4.78, 5) is 51.9. The van der Waals surface area contributed by atoms with E-state index in [1.165, 1.54) is 13.5 Å². The monoisotopic (exact) mass is 575 g/mol. The number of alkyl carbamates (subject to hydrolysis) is 1. The van der Waals surface area contributed by atoms with Crippen molar-refractivity contribution in [1.29, 1.82) is 0 Å². The molecule has 3 aliphatic rings. The second kappa shape index (κ2) is 14.2. The van der Waals surface area contributed by atoms with E-state index in [9.17, 15) is 19.2 Å². The Morgan fingerprint density at radius 2 is 1.75 bits per heavy atom. The van der Waals surface area contributed by atoms with E-state index in [-0.39, 0.29) is 30.4 Å². The third-order valence-electron chi connectivity index (χ3n) is 8.69. The molecule has 220 valence electrons. The normalized spacial score (nSPS) is 22.1. The fourth-order valence-corrected chi connectivity index (χ4v) is 6.80. The Bertz CT molecular complexity index is 1050. The molecule has 0 aromatic heterocycles. The lowest BCUT2D eigenvalue weighted by atomic mass is 9.78. The van der Waals surface area contributed by atoms with Crippen LogP contribution < -0.4 is 16.0 Å². The molecule has 3 atom stereocenters. The average Bonchev–Trinajstić information content (AvgIpc) is 3.24. The summed E-state index contributed by atoms with van der Waals surface area (Å²) in [5.41, 5.74) is 0.523. The predicted octanol–water partition coefficient (Wildman–Crippen LogP) is 4.79. The van der Waals surface area contributed by atoms with Crippen molar-refractivity contribution in [3.8, 4) is 0 Å². The minimum atomic E-state index is -0.995. The smallest absolute Gasteiger partial charge is 0.408 e. The van der Waals surface area contributed by atoms with Gasteiger partial charge in [0.05, 0.1) is 7.11 Å².